The molecule has 0 spiro atoms. The van der Waals surface area contributed by atoms with E-state index in [2.05, 4.69) is 50.0 Å². The van der Waals surface area contributed by atoms with Crippen LogP contribution in [0.1, 0.15) is 30.5 Å². The second-order valence-corrected chi connectivity index (χ2v) is 9.21. The lowest BCUT2D eigenvalue weighted by Gasteiger charge is -2.15. The van der Waals surface area contributed by atoms with Crippen molar-refractivity contribution in [2.45, 2.75) is 26.9 Å². The summed E-state index contributed by atoms with van der Waals surface area (Å²) in [6, 6.07) is 25.2. The lowest BCUT2D eigenvalue weighted by Crippen LogP contribution is -2.32. The number of hydrogen-bond acceptors (Lipinski definition) is 5. The van der Waals surface area contributed by atoms with E-state index in [0.717, 1.165) is 28.3 Å². The van der Waals surface area contributed by atoms with Gasteiger partial charge in [-0.15, -0.1) is 0 Å². The topological polar surface area (TPSA) is 89.0 Å². The van der Waals surface area contributed by atoms with Crippen molar-refractivity contribution in [3.8, 4) is 11.5 Å². The summed E-state index contributed by atoms with van der Waals surface area (Å²) in [5.41, 5.74) is 5.52. The Balaban J connectivity index is 1.44. The third-order valence-electron chi connectivity index (χ3n) is 5.82. The number of amides is 2. The van der Waals surface area contributed by atoms with Crippen molar-refractivity contribution in [1.29, 1.82) is 0 Å². The van der Waals surface area contributed by atoms with Gasteiger partial charge in [0.1, 0.15) is 6.61 Å². The van der Waals surface area contributed by atoms with Gasteiger partial charge in [-0.1, -0.05) is 67.6 Å². The highest BCUT2D eigenvalue weighted by atomic mass is 79.9. The van der Waals surface area contributed by atoms with E-state index in [0.29, 0.717) is 40.4 Å². The zero-order valence-corrected chi connectivity index (χ0v) is 22.7. The summed E-state index contributed by atoms with van der Waals surface area (Å²) in [4.78, 5) is 24.5. The van der Waals surface area contributed by atoms with E-state index in [4.69, 9.17) is 9.47 Å². The monoisotopic (exact) mass is 573 g/mol. The molecule has 194 valence electrons. The molecule has 8 heteroatoms. The lowest BCUT2D eigenvalue weighted by molar-refractivity contribution is -0.136. The number of rotatable bonds is 9. The van der Waals surface area contributed by atoms with Crippen LogP contribution in [0, 0.1) is 0 Å². The predicted octanol–water partition coefficient (Wildman–Crippen LogP) is 6.23. The number of nitrogens with zero attached hydrogens (tertiary/aromatic N) is 1. The molecule has 0 heterocycles. The molecule has 7 nitrogen and oxygen atoms in total. The second-order valence-electron chi connectivity index (χ2n) is 8.35. The molecule has 2 amide bonds. The van der Waals surface area contributed by atoms with Crippen molar-refractivity contribution in [1.82, 2.24) is 5.43 Å². The van der Waals surface area contributed by atoms with Gasteiger partial charge in [0.05, 0.1) is 17.3 Å². The summed E-state index contributed by atoms with van der Waals surface area (Å²) < 4.78 is 12.7. The summed E-state index contributed by atoms with van der Waals surface area (Å²) in [7, 11) is 0. The molecule has 0 radical (unpaired) electrons. The fraction of sp³-hybridized carbons (Fsp3) is 0.167. The Hall–Kier alpha value is -4.17. The number of ether oxygens (including phenoxy) is 2. The molecular weight excluding hydrogens is 546 g/mol. The summed E-state index contributed by atoms with van der Waals surface area (Å²) >= 11 is 3.57. The molecule has 0 aliphatic rings. The molecule has 0 saturated heterocycles. The van der Waals surface area contributed by atoms with Gasteiger partial charge in [-0.3, -0.25) is 9.59 Å². The number of anilines is 1. The van der Waals surface area contributed by atoms with E-state index in [-0.39, 0.29) is 0 Å². The van der Waals surface area contributed by atoms with Gasteiger partial charge in [0.15, 0.2) is 11.5 Å². The van der Waals surface area contributed by atoms with Crippen LogP contribution in [0.3, 0.4) is 0 Å². The van der Waals surface area contributed by atoms with Crippen molar-refractivity contribution >= 4 is 50.4 Å². The van der Waals surface area contributed by atoms with Crippen LogP contribution in [0.5, 0.6) is 11.5 Å². The van der Waals surface area contributed by atoms with E-state index in [1.54, 1.807) is 24.3 Å². The van der Waals surface area contributed by atoms with E-state index in [1.165, 1.54) is 6.21 Å². The summed E-state index contributed by atoms with van der Waals surface area (Å²) in [6.07, 6.45) is 2.17. The minimum atomic E-state index is -0.869. The summed E-state index contributed by atoms with van der Waals surface area (Å²) in [5, 5.41) is 8.84. The SMILES string of the molecule is CCOc1cc(/C=N/NC(=O)C(=O)Nc2ccccc2CC)cc(Br)c1OCc1cccc2ccccc12. The Morgan fingerprint density at radius 1 is 0.895 bits per heavy atom. The van der Waals surface area contributed by atoms with Crippen LogP contribution in [0.15, 0.2) is 88.4 Å². The zero-order chi connectivity index (χ0) is 26.9. The van der Waals surface area contributed by atoms with E-state index >= 15 is 0 Å². The number of aryl methyl sites for hydroxylation is 1. The number of fused-ring (bicyclic) bond motifs is 1. The number of carbonyl (C=O) groups excluding carboxylic acids is 2. The standard InChI is InChI=1S/C30H28BrN3O4/c1-3-21-10-6-8-15-26(21)33-29(35)30(36)34-32-18-20-16-25(31)28(27(17-20)37-4-2)38-19-23-13-9-12-22-11-5-7-14-24(22)23/h5-18H,3-4,19H2,1-2H3,(H,33,35)(H,34,36)/b32-18+. The van der Waals surface area contributed by atoms with Crippen molar-refractivity contribution in [3.63, 3.8) is 0 Å². The molecule has 0 aromatic heterocycles. The molecule has 4 aromatic rings. The number of hydrogen-bond donors (Lipinski definition) is 2. The Morgan fingerprint density at radius 2 is 1.63 bits per heavy atom. The largest absolute Gasteiger partial charge is 0.490 e. The molecular formula is C30H28BrN3O4. The first-order valence-electron chi connectivity index (χ1n) is 12.3. The first-order valence-corrected chi connectivity index (χ1v) is 13.1. The number of benzene rings is 4. The van der Waals surface area contributed by atoms with Crippen LogP contribution in [0.25, 0.3) is 10.8 Å². The van der Waals surface area contributed by atoms with E-state index < -0.39 is 11.8 Å². The minimum Gasteiger partial charge on any atom is -0.490 e. The number of para-hydroxylation sites is 1. The average Bonchev–Trinajstić information content (AvgIpc) is 2.93. The number of nitrogens with one attached hydrogen (secondary N) is 2. The minimum absolute atomic E-state index is 0.361. The Morgan fingerprint density at radius 3 is 2.45 bits per heavy atom. The van der Waals surface area contributed by atoms with Crippen molar-refractivity contribution in [2.75, 3.05) is 11.9 Å². The average molecular weight is 574 g/mol. The van der Waals surface area contributed by atoms with Crippen LogP contribution in [0.2, 0.25) is 0 Å². The molecule has 2 N–H and O–H groups in total. The molecule has 0 fully saturated rings. The predicted molar refractivity (Wildman–Crippen MR) is 154 cm³/mol. The number of hydrazone groups is 1. The van der Waals surface area contributed by atoms with E-state index in [1.807, 2.05) is 50.2 Å². The van der Waals surface area contributed by atoms with Gasteiger partial charge in [0.25, 0.3) is 0 Å². The molecule has 4 rings (SSSR count). The maximum Gasteiger partial charge on any atom is 0.329 e. The lowest BCUT2D eigenvalue weighted by atomic mass is 10.1. The molecule has 0 bridgehead atoms. The second kappa shape index (κ2) is 12.9. The maximum atomic E-state index is 12.3. The quantitative estimate of drug-likeness (QED) is 0.141. The molecule has 38 heavy (non-hydrogen) atoms. The molecule has 0 saturated carbocycles. The van der Waals surface area contributed by atoms with Crippen LogP contribution >= 0.6 is 15.9 Å². The zero-order valence-electron chi connectivity index (χ0n) is 21.2. The van der Waals surface area contributed by atoms with Crippen LogP contribution in [-0.4, -0.2) is 24.6 Å². The van der Waals surface area contributed by atoms with Crippen LogP contribution in [-0.2, 0) is 22.6 Å². The van der Waals surface area contributed by atoms with Gasteiger partial charge < -0.3 is 14.8 Å². The van der Waals surface area contributed by atoms with Gasteiger partial charge in [-0.25, -0.2) is 5.43 Å². The van der Waals surface area contributed by atoms with Crippen molar-refractivity contribution in [3.05, 3.63) is 100 Å². The molecule has 0 aliphatic carbocycles. The molecule has 0 aliphatic heterocycles. The highest BCUT2D eigenvalue weighted by Crippen LogP contribution is 2.37. The first-order chi connectivity index (χ1) is 18.5. The van der Waals surface area contributed by atoms with Crippen LogP contribution < -0.4 is 20.2 Å². The Kier molecular flexibility index (Phi) is 9.11. The van der Waals surface area contributed by atoms with E-state index in [9.17, 15) is 9.59 Å². The van der Waals surface area contributed by atoms with Gasteiger partial charge in [0.2, 0.25) is 0 Å². The van der Waals surface area contributed by atoms with Gasteiger partial charge in [0, 0.05) is 5.69 Å². The normalized spacial score (nSPS) is 10.9. The third kappa shape index (κ3) is 6.58. The van der Waals surface area contributed by atoms with Crippen molar-refractivity contribution in [2.24, 2.45) is 5.10 Å². The molecule has 0 unspecified atom stereocenters. The Labute approximate surface area is 230 Å². The van der Waals surface area contributed by atoms with Gasteiger partial charge in [-0.2, -0.15) is 5.10 Å². The van der Waals surface area contributed by atoms with Gasteiger partial charge >= 0.3 is 11.8 Å². The summed E-state index contributed by atoms with van der Waals surface area (Å²) in [5.74, 6) is -0.568. The third-order valence-corrected chi connectivity index (χ3v) is 6.41. The summed E-state index contributed by atoms with van der Waals surface area (Å²) in [6.45, 7) is 4.66. The fourth-order valence-corrected chi connectivity index (χ4v) is 4.55. The van der Waals surface area contributed by atoms with Gasteiger partial charge in [-0.05, 0) is 74.9 Å². The Bertz CT molecular complexity index is 1480. The smallest absolute Gasteiger partial charge is 0.329 e. The fourth-order valence-electron chi connectivity index (χ4n) is 3.98. The highest BCUT2D eigenvalue weighted by Gasteiger charge is 2.15. The molecule has 4 aromatic carbocycles. The highest BCUT2D eigenvalue weighted by molar-refractivity contribution is 9.10. The number of halogens is 1. The first kappa shape index (κ1) is 26.9. The van der Waals surface area contributed by atoms with Crippen molar-refractivity contribution < 1.29 is 19.1 Å². The molecule has 0 atom stereocenters. The van der Waals surface area contributed by atoms with Crippen LogP contribution in [0.4, 0.5) is 5.69 Å². The maximum absolute atomic E-state index is 12.3. The number of carbonyl (C=O) groups is 2.